The number of carboxylic acid groups (broad SMARTS) is 1. The van der Waals surface area contributed by atoms with Gasteiger partial charge in [0.15, 0.2) is 0 Å². The molecule has 0 aromatic carbocycles. The zero-order chi connectivity index (χ0) is 18.3. The largest absolute Gasteiger partial charge is 0.478 e. The number of alkyl halides is 2. The molecule has 0 radical (unpaired) electrons. The van der Waals surface area contributed by atoms with Crippen molar-refractivity contribution in [2.45, 2.75) is 37.5 Å². The molecule has 138 valence electrons. The number of nitrogens with zero attached hydrogens (tertiary/aromatic N) is 3. The van der Waals surface area contributed by atoms with Crippen LogP contribution in [0, 0.1) is 5.41 Å². The van der Waals surface area contributed by atoms with Crippen molar-refractivity contribution in [2.75, 3.05) is 19.7 Å². The third kappa shape index (κ3) is 2.42. The third-order valence-corrected chi connectivity index (χ3v) is 5.12. The molecule has 4 atom stereocenters. The quantitative estimate of drug-likeness (QED) is 0.622. The summed E-state index contributed by atoms with van der Waals surface area (Å²) in [7, 11) is 0. The Bertz CT molecular complexity index is 654. The maximum atomic E-state index is 15.8. The van der Waals surface area contributed by atoms with Crippen molar-refractivity contribution in [2.24, 2.45) is 5.41 Å². The number of nitrogens with one attached hydrogen (secondary N) is 1. The fourth-order valence-corrected chi connectivity index (χ4v) is 3.97. The Kier molecular flexibility index (Phi) is 4.46. The number of rotatable bonds is 4. The van der Waals surface area contributed by atoms with Crippen molar-refractivity contribution in [3.05, 3.63) is 24.3 Å². The van der Waals surface area contributed by atoms with Gasteiger partial charge in [0.25, 0.3) is 5.79 Å². The standard InChI is InChI=1S/C15H19F3N4O3/c1-2-25-15(17)13(8-14(16,12(23)24)22(15)18)4-6-19-7-10(13)11-3-5-20-9-21-11/h3,5,9-10,19H,2,4,6-8H2,1H3,(H,23,24). The Morgan fingerprint density at radius 1 is 1.56 bits per heavy atom. The minimum atomic E-state index is -3.52. The monoisotopic (exact) mass is 360 g/mol. The fourth-order valence-electron chi connectivity index (χ4n) is 3.97. The van der Waals surface area contributed by atoms with Crippen LogP contribution in [0.15, 0.2) is 18.6 Å². The number of ether oxygens (including phenoxy) is 1. The van der Waals surface area contributed by atoms with Gasteiger partial charge in [-0.2, -0.15) is 4.39 Å². The number of hydrogen-bond donors (Lipinski definition) is 2. The second-order valence-electron chi connectivity index (χ2n) is 6.31. The minimum absolute atomic E-state index is 0.0163. The summed E-state index contributed by atoms with van der Waals surface area (Å²) in [6, 6.07) is 1.52. The first-order valence-corrected chi connectivity index (χ1v) is 8.00. The zero-order valence-corrected chi connectivity index (χ0v) is 13.6. The summed E-state index contributed by atoms with van der Waals surface area (Å²) in [5.74, 6) is -9.64. The molecule has 1 aromatic rings. The predicted molar refractivity (Wildman–Crippen MR) is 79.2 cm³/mol. The zero-order valence-electron chi connectivity index (χ0n) is 13.6. The molecule has 25 heavy (non-hydrogen) atoms. The van der Waals surface area contributed by atoms with Gasteiger partial charge in [-0.3, -0.25) is 0 Å². The molecule has 4 unspecified atom stereocenters. The Morgan fingerprint density at radius 2 is 2.32 bits per heavy atom. The highest BCUT2D eigenvalue weighted by molar-refractivity contribution is 5.77. The number of carbonyl (C=O) groups is 1. The van der Waals surface area contributed by atoms with Gasteiger partial charge in [-0.1, -0.05) is 0 Å². The predicted octanol–water partition coefficient (Wildman–Crippen LogP) is 1.54. The van der Waals surface area contributed by atoms with Gasteiger partial charge < -0.3 is 15.2 Å². The van der Waals surface area contributed by atoms with E-state index in [0.717, 1.165) is 0 Å². The highest BCUT2D eigenvalue weighted by atomic mass is 19.2. The van der Waals surface area contributed by atoms with Gasteiger partial charge in [0.2, 0.25) is 0 Å². The van der Waals surface area contributed by atoms with E-state index in [1.165, 1.54) is 25.5 Å². The number of piperidine rings is 1. The van der Waals surface area contributed by atoms with Crippen molar-refractivity contribution in [3.8, 4) is 0 Å². The summed E-state index contributed by atoms with van der Waals surface area (Å²) in [6.45, 7) is 1.63. The highest BCUT2D eigenvalue weighted by Crippen LogP contribution is 2.63. The van der Waals surface area contributed by atoms with E-state index in [-0.39, 0.29) is 26.1 Å². The van der Waals surface area contributed by atoms with Crippen LogP contribution in [-0.4, -0.2) is 57.6 Å². The van der Waals surface area contributed by atoms with E-state index < -0.39 is 40.6 Å². The van der Waals surface area contributed by atoms with E-state index >= 15 is 4.39 Å². The van der Waals surface area contributed by atoms with Crippen molar-refractivity contribution >= 4 is 5.97 Å². The van der Waals surface area contributed by atoms with Gasteiger partial charge in [-0.25, -0.2) is 19.2 Å². The van der Waals surface area contributed by atoms with Crippen LogP contribution in [0.25, 0.3) is 0 Å². The molecule has 7 nitrogen and oxygen atoms in total. The first-order valence-electron chi connectivity index (χ1n) is 8.00. The summed E-state index contributed by atoms with van der Waals surface area (Å²) < 4.78 is 50.4. The number of halogens is 3. The molecule has 2 aliphatic heterocycles. The van der Waals surface area contributed by atoms with Crippen LogP contribution in [0.3, 0.4) is 0 Å². The van der Waals surface area contributed by atoms with Gasteiger partial charge in [0.05, 0.1) is 5.41 Å². The molecule has 0 saturated carbocycles. The number of aliphatic carboxylic acids is 1. The maximum Gasteiger partial charge on any atom is 0.359 e. The average molecular weight is 360 g/mol. The summed E-state index contributed by atoms with van der Waals surface area (Å²) in [4.78, 5) is 19.2. The van der Waals surface area contributed by atoms with E-state index in [1.807, 2.05) is 0 Å². The van der Waals surface area contributed by atoms with Crippen LogP contribution < -0.4 is 5.32 Å². The molecule has 0 bridgehead atoms. The topological polar surface area (TPSA) is 87.6 Å². The van der Waals surface area contributed by atoms with Gasteiger partial charge >= 0.3 is 11.9 Å². The van der Waals surface area contributed by atoms with E-state index in [4.69, 9.17) is 4.74 Å². The number of hydrogen-bond acceptors (Lipinski definition) is 6. The normalized spacial score (nSPS) is 39.0. The molecule has 1 aromatic heterocycles. The maximum absolute atomic E-state index is 15.8. The molecule has 3 heterocycles. The van der Waals surface area contributed by atoms with Crippen LogP contribution >= 0.6 is 0 Å². The van der Waals surface area contributed by atoms with Gasteiger partial charge in [-0.15, -0.1) is 4.48 Å². The van der Waals surface area contributed by atoms with Crippen LogP contribution in [0.1, 0.15) is 31.4 Å². The molecule has 0 amide bonds. The minimum Gasteiger partial charge on any atom is -0.478 e. The van der Waals surface area contributed by atoms with Crippen LogP contribution in [0.2, 0.25) is 0 Å². The first-order chi connectivity index (χ1) is 11.8. The lowest BCUT2D eigenvalue weighted by atomic mass is 9.65. The number of carboxylic acids is 1. The van der Waals surface area contributed by atoms with Crippen molar-refractivity contribution in [1.82, 2.24) is 20.4 Å². The van der Waals surface area contributed by atoms with E-state index in [2.05, 4.69) is 15.3 Å². The SMILES string of the molecule is CCOC1(F)N(F)C(F)(C(=O)O)CC12CCNCC2c1ccncn1. The molecule has 2 saturated heterocycles. The third-order valence-electron chi connectivity index (χ3n) is 5.12. The summed E-state index contributed by atoms with van der Waals surface area (Å²) in [5, 5.41) is 11.3. The van der Waals surface area contributed by atoms with Crippen LogP contribution in [0.5, 0.6) is 0 Å². The molecule has 0 aliphatic carbocycles. The molecular formula is C15H19F3N4O3. The Hall–Kier alpha value is -1.78. The van der Waals surface area contributed by atoms with Gasteiger partial charge in [0.1, 0.15) is 6.33 Å². The lowest BCUT2D eigenvalue weighted by Crippen LogP contribution is -2.58. The second kappa shape index (κ2) is 6.19. The molecular weight excluding hydrogens is 341 g/mol. The smallest absolute Gasteiger partial charge is 0.359 e. The Morgan fingerprint density at radius 3 is 2.92 bits per heavy atom. The summed E-state index contributed by atoms with van der Waals surface area (Å²) in [5.41, 5.74) is -1.39. The van der Waals surface area contributed by atoms with Crippen molar-refractivity contribution < 1.29 is 27.9 Å². The van der Waals surface area contributed by atoms with Crippen LogP contribution in [0.4, 0.5) is 13.3 Å². The average Bonchev–Trinajstić information content (AvgIpc) is 2.77. The molecule has 2 aliphatic rings. The van der Waals surface area contributed by atoms with E-state index in [0.29, 0.717) is 5.69 Å². The van der Waals surface area contributed by atoms with Gasteiger partial charge in [-0.05, 0) is 31.1 Å². The van der Waals surface area contributed by atoms with Crippen LogP contribution in [-0.2, 0) is 9.53 Å². The molecule has 10 heteroatoms. The highest BCUT2D eigenvalue weighted by Gasteiger charge is 2.78. The lowest BCUT2D eigenvalue weighted by molar-refractivity contribution is -0.358. The Balaban J connectivity index is 2.16. The second-order valence-corrected chi connectivity index (χ2v) is 6.31. The lowest BCUT2D eigenvalue weighted by Gasteiger charge is -2.47. The summed E-state index contributed by atoms with van der Waals surface area (Å²) >= 11 is 0. The van der Waals surface area contributed by atoms with E-state index in [9.17, 15) is 18.8 Å². The van der Waals surface area contributed by atoms with Gasteiger partial charge in [0, 0.05) is 37.4 Å². The fraction of sp³-hybridized carbons (Fsp3) is 0.667. The summed E-state index contributed by atoms with van der Waals surface area (Å²) in [6.07, 6.45) is 1.78. The molecule has 2 fully saturated rings. The van der Waals surface area contributed by atoms with Crippen molar-refractivity contribution in [3.63, 3.8) is 0 Å². The Labute approximate surface area is 142 Å². The number of aromatic nitrogens is 2. The molecule has 3 rings (SSSR count). The first kappa shape index (κ1) is 18.0. The molecule has 1 spiro atoms. The van der Waals surface area contributed by atoms with E-state index in [1.54, 1.807) is 0 Å². The van der Waals surface area contributed by atoms with Crippen molar-refractivity contribution in [1.29, 1.82) is 0 Å². The molecule has 2 N–H and O–H groups in total.